The molecule has 2 heterocycles. The van der Waals surface area contributed by atoms with Crippen LogP contribution >= 0.6 is 11.6 Å². The molecule has 3 atom stereocenters. The zero-order valence-electron chi connectivity index (χ0n) is 12.3. The van der Waals surface area contributed by atoms with Gasteiger partial charge in [0.25, 0.3) is 0 Å². The third-order valence-electron chi connectivity index (χ3n) is 4.58. The highest BCUT2D eigenvalue weighted by Gasteiger charge is 2.36. The number of carbonyl (C=O) groups is 1. The first kappa shape index (κ1) is 14.8. The molecule has 4 nitrogen and oxygen atoms in total. The van der Waals surface area contributed by atoms with E-state index in [0.29, 0.717) is 11.6 Å². The van der Waals surface area contributed by atoms with E-state index >= 15 is 0 Å². The molecule has 2 fully saturated rings. The Labute approximate surface area is 130 Å². The van der Waals surface area contributed by atoms with E-state index < -0.39 is 0 Å². The molecule has 3 rings (SSSR count). The van der Waals surface area contributed by atoms with Gasteiger partial charge in [-0.15, -0.1) is 0 Å². The SMILES string of the molecule is CC(NC(=O)CN1C[C@H]2CNC[C@H]2C1)c1ccccc1Cl. The Kier molecular flexibility index (Phi) is 4.48. The highest BCUT2D eigenvalue weighted by Crippen LogP contribution is 2.26. The molecule has 2 N–H and O–H groups in total. The van der Waals surface area contributed by atoms with Crippen molar-refractivity contribution in [3.63, 3.8) is 0 Å². The normalized spacial score (nSPS) is 26.6. The third-order valence-corrected chi connectivity index (χ3v) is 4.93. The van der Waals surface area contributed by atoms with Crippen LogP contribution in [-0.4, -0.2) is 43.5 Å². The Morgan fingerprint density at radius 2 is 2.05 bits per heavy atom. The van der Waals surface area contributed by atoms with Gasteiger partial charge in [-0.25, -0.2) is 0 Å². The first-order valence-electron chi connectivity index (χ1n) is 7.60. The van der Waals surface area contributed by atoms with E-state index in [-0.39, 0.29) is 11.9 Å². The summed E-state index contributed by atoms with van der Waals surface area (Å²) in [5, 5.41) is 7.17. The van der Waals surface area contributed by atoms with E-state index in [4.69, 9.17) is 11.6 Å². The van der Waals surface area contributed by atoms with Gasteiger partial charge in [-0.1, -0.05) is 29.8 Å². The quantitative estimate of drug-likeness (QED) is 0.889. The molecule has 1 unspecified atom stereocenters. The lowest BCUT2D eigenvalue weighted by atomic mass is 10.0. The fourth-order valence-electron chi connectivity index (χ4n) is 3.48. The summed E-state index contributed by atoms with van der Waals surface area (Å²) >= 11 is 6.17. The molecule has 0 saturated carbocycles. The number of carbonyl (C=O) groups excluding carboxylic acids is 1. The molecule has 1 aromatic carbocycles. The van der Waals surface area contributed by atoms with E-state index in [1.165, 1.54) is 0 Å². The Morgan fingerprint density at radius 3 is 2.71 bits per heavy atom. The largest absolute Gasteiger partial charge is 0.348 e. The van der Waals surface area contributed by atoms with Gasteiger partial charge in [-0.3, -0.25) is 9.69 Å². The molecule has 21 heavy (non-hydrogen) atoms. The van der Waals surface area contributed by atoms with Crippen LogP contribution < -0.4 is 10.6 Å². The number of amides is 1. The van der Waals surface area contributed by atoms with Crippen molar-refractivity contribution in [1.29, 1.82) is 0 Å². The van der Waals surface area contributed by atoms with Crippen molar-refractivity contribution < 1.29 is 4.79 Å². The van der Waals surface area contributed by atoms with E-state index in [2.05, 4.69) is 15.5 Å². The van der Waals surface area contributed by atoms with Crippen LogP contribution in [0.15, 0.2) is 24.3 Å². The van der Waals surface area contributed by atoms with Gasteiger partial charge in [0.05, 0.1) is 12.6 Å². The smallest absolute Gasteiger partial charge is 0.234 e. The second-order valence-electron chi connectivity index (χ2n) is 6.18. The Bertz CT molecular complexity index is 510. The molecule has 5 heteroatoms. The summed E-state index contributed by atoms with van der Waals surface area (Å²) in [6.45, 7) is 6.72. The third kappa shape index (κ3) is 3.39. The van der Waals surface area contributed by atoms with Crippen molar-refractivity contribution >= 4 is 17.5 Å². The standard InChI is InChI=1S/C16H22ClN3O/c1-11(14-4-2-3-5-15(14)17)19-16(21)10-20-8-12-6-18-7-13(12)9-20/h2-5,11-13,18H,6-10H2,1H3,(H,19,21)/t11?,12-,13+. The fraction of sp³-hybridized carbons (Fsp3) is 0.562. The van der Waals surface area contributed by atoms with Gasteiger partial charge < -0.3 is 10.6 Å². The molecule has 0 spiro atoms. The van der Waals surface area contributed by atoms with Crippen LogP contribution in [0.1, 0.15) is 18.5 Å². The van der Waals surface area contributed by atoms with Crippen molar-refractivity contribution in [2.45, 2.75) is 13.0 Å². The first-order valence-corrected chi connectivity index (χ1v) is 7.98. The molecule has 2 aliphatic rings. The maximum Gasteiger partial charge on any atom is 0.234 e. The number of likely N-dealkylation sites (tertiary alicyclic amines) is 1. The number of rotatable bonds is 4. The Morgan fingerprint density at radius 1 is 1.38 bits per heavy atom. The number of hydrogen-bond acceptors (Lipinski definition) is 3. The summed E-state index contributed by atoms with van der Waals surface area (Å²) < 4.78 is 0. The minimum atomic E-state index is -0.0602. The molecule has 1 aromatic rings. The molecule has 114 valence electrons. The second-order valence-corrected chi connectivity index (χ2v) is 6.59. The summed E-state index contributed by atoms with van der Waals surface area (Å²) in [4.78, 5) is 14.5. The molecular formula is C16H22ClN3O. The van der Waals surface area contributed by atoms with Gasteiger partial charge in [-0.2, -0.15) is 0 Å². The van der Waals surface area contributed by atoms with Crippen molar-refractivity contribution in [2.75, 3.05) is 32.7 Å². The van der Waals surface area contributed by atoms with Gasteiger partial charge in [0, 0.05) is 18.1 Å². The summed E-state index contributed by atoms with van der Waals surface area (Å²) in [5.74, 6) is 1.52. The van der Waals surface area contributed by atoms with Crippen molar-refractivity contribution in [1.82, 2.24) is 15.5 Å². The summed E-state index contributed by atoms with van der Waals surface area (Å²) in [6.07, 6.45) is 0. The van der Waals surface area contributed by atoms with Gasteiger partial charge in [-0.05, 0) is 43.5 Å². The summed E-state index contributed by atoms with van der Waals surface area (Å²) in [7, 11) is 0. The molecular weight excluding hydrogens is 286 g/mol. The second kappa shape index (κ2) is 6.34. The Hall–Kier alpha value is -1.10. The number of nitrogens with zero attached hydrogens (tertiary/aromatic N) is 1. The van der Waals surface area contributed by atoms with Gasteiger partial charge in [0.2, 0.25) is 5.91 Å². The molecule has 2 aliphatic heterocycles. The van der Waals surface area contributed by atoms with Crippen molar-refractivity contribution in [3.05, 3.63) is 34.9 Å². The van der Waals surface area contributed by atoms with Gasteiger partial charge >= 0.3 is 0 Å². The average Bonchev–Trinajstić information content (AvgIpc) is 2.99. The average molecular weight is 308 g/mol. The fourth-order valence-corrected chi connectivity index (χ4v) is 3.78. The minimum Gasteiger partial charge on any atom is -0.348 e. The maximum absolute atomic E-state index is 12.2. The molecule has 0 aromatic heterocycles. The monoisotopic (exact) mass is 307 g/mol. The van der Waals surface area contributed by atoms with E-state index in [1.807, 2.05) is 31.2 Å². The Balaban J connectivity index is 1.51. The molecule has 0 aliphatic carbocycles. The van der Waals surface area contributed by atoms with Crippen LogP contribution in [0, 0.1) is 11.8 Å². The van der Waals surface area contributed by atoms with Gasteiger partial charge in [0.1, 0.15) is 0 Å². The lowest BCUT2D eigenvalue weighted by Gasteiger charge is -2.20. The first-order chi connectivity index (χ1) is 10.1. The molecule has 0 bridgehead atoms. The number of nitrogens with one attached hydrogen (secondary N) is 2. The van der Waals surface area contributed by atoms with E-state index in [1.54, 1.807) is 0 Å². The number of benzene rings is 1. The van der Waals surface area contributed by atoms with Crippen LogP contribution in [0.2, 0.25) is 5.02 Å². The van der Waals surface area contributed by atoms with Crippen LogP contribution in [0.3, 0.4) is 0 Å². The van der Waals surface area contributed by atoms with Crippen molar-refractivity contribution in [3.8, 4) is 0 Å². The zero-order chi connectivity index (χ0) is 14.8. The predicted octanol–water partition coefficient (Wildman–Crippen LogP) is 1.67. The lowest BCUT2D eigenvalue weighted by Crippen LogP contribution is -2.38. The lowest BCUT2D eigenvalue weighted by molar-refractivity contribution is -0.122. The highest BCUT2D eigenvalue weighted by atomic mass is 35.5. The highest BCUT2D eigenvalue weighted by molar-refractivity contribution is 6.31. The molecule has 2 saturated heterocycles. The summed E-state index contributed by atoms with van der Waals surface area (Å²) in [6, 6.07) is 7.60. The van der Waals surface area contributed by atoms with E-state index in [0.717, 1.165) is 43.6 Å². The molecule has 1 amide bonds. The summed E-state index contributed by atoms with van der Waals surface area (Å²) in [5.41, 5.74) is 0.968. The number of fused-ring (bicyclic) bond motifs is 1. The maximum atomic E-state index is 12.2. The number of halogens is 1. The van der Waals surface area contributed by atoms with Gasteiger partial charge in [0.15, 0.2) is 0 Å². The number of hydrogen-bond donors (Lipinski definition) is 2. The van der Waals surface area contributed by atoms with Crippen molar-refractivity contribution in [2.24, 2.45) is 11.8 Å². The minimum absolute atomic E-state index is 0.0602. The van der Waals surface area contributed by atoms with Crippen LogP contribution in [0.5, 0.6) is 0 Å². The molecule has 0 radical (unpaired) electrons. The topological polar surface area (TPSA) is 44.4 Å². The van der Waals surface area contributed by atoms with Crippen LogP contribution in [0.25, 0.3) is 0 Å². The predicted molar refractivity (Wildman–Crippen MR) is 84.3 cm³/mol. The van der Waals surface area contributed by atoms with E-state index in [9.17, 15) is 4.79 Å². The van der Waals surface area contributed by atoms with Crippen LogP contribution in [0.4, 0.5) is 0 Å². The van der Waals surface area contributed by atoms with Crippen LogP contribution in [-0.2, 0) is 4.79 Å². The zero-order valence-corrected chi connectivity index (χ0v) is 13.1.